The lowest BCUT2D eigenvalue weighted by molar-refractivity contribution is -0.885. The number of hydrogen-bond donors (Lipinski definition) is 2. The van der Waals surface area contributed by atoms with Crippen molar-refractivity contribution >= 4 is 11.6 Å². The van der Waals surface area contributed by atoms with Crippen LogP contribution in [0, 0.1) is 13.8 Å². The van der Waals surface area contributed by atoms with Crippen molar-refractivity contribution in [3.63, 3.8) is 0 Å². The van der Waals surface area contributed by atoms with Gasteiger partial charge >= 0.3 is 6.18 Å². The molecule has 1 unspecified atom stereocenters. The standard InChI is InChI=1S/C19H21F3N2O/c1-13-4-5-14(2)17(10-13)23-18(25)12-24(3)11-15-6-8-16(9-7-15)19(20,21)22/h4-10H,11-12H2,1-3H3,(H,23,25)/p+1. The third-order valence-electron chi connectivity index (χ3n) is 3.92. The lowest BCUT2D eigenvalue weighted by Gasteiger charge is -2.15. The van der Waals surface area contributed by atoms with Crippen molar-refractivity contribution in [1.82, 2.24) is 0 Å². The quantitative estimate of drug-likeness (QED) is 0.853. The number of carbonyl (C=O) groups is 1. The van der Waals surface area contributed by atoms with Gasteiger partial charge in [-0.25, -0.2) is 0 Å². The average Bonchev–Trinajstić information content (AvgIpc) is 2.50. The second-order valence-electron chi connectivity index (χ2n) is 6.37. The van der Waals surface area contributed by atoms with Crippen molar-refractivity contribution in [3.8, 4) is 0 Å². The van der Waals surface area contributed by atoms with Crippen LogP contribution in [0.1, 0.15) is 22.3 Å². The van der Waals surface area contributed by atoms with Crippen LogP contribution in [-0.2, 0) is 17.5 Å². The zero-order valence-corrected chi connectivity index (χ0v) is 14.5. The number of nitrogens with one attached hydrogen (secondary N) is 2. The van der Waals surface area contributed by atoms with Crippen LogP contribution in [0.4, 0.5) is 18.9 Å². The van der Waals surface area contributed by atoms with Crippen LogP contribution in [-0.4, -0.2) is 19.5 Å². The highest BCUT2D eigenvalue weighted by Gasteiger charge is 2.30. The molecule has 134 valence electrons. The normalized spacial score (nSPS) is 12.7. The maximum atomic E-state index is 12.6. The minimum atomic E-state index is -4.33. The summed E-state index contributed by atoms with van der Waals surface area (Å²) in [7, 11) is 1.83. The fourth-order valence-corrected chi connectivity index (χ4v) is 2.56. The summed E-state index contributed by atoms with van der Waals surface area (Å²) in [5.74, 6) is -0.127. The molecule has 2 aromatic carbocycles. The maximum absolute atomic E-state index is 12.6. The third kappa shape index (κ3) is 5.60. The number of amides is 1. The molecule has 1 atom stereocenters. The summed E-state index contributed by atoms with van der Waals surface area (Å²) in [4.78, 5) is 13.1. The molecule has 0 fully saturated rings. The first-order chi connectivity index (χ1) is 11.6. The zero-order valence-electron chi connectivity index (χ0n) is 14.5. The zero-order chi connectivity index (χ0) is 18.6. The first kappa shape index (κ1) is 19.0. The van der Waals surface area contributed by atoms with Gasteiger partial charge in [-0.2, -0.15) is 13.2 Å². The van der Waals surface area contributed by atoms with Crippen molar-refractivity contribution < 1.29 is 22.9 Å². The monoisotopic (exact) mass is 351 g/mol. The van der Waals surface area contributed by atoms with E-state index in [-0.39, 0.29) is 12.5 Å². The molecule has 0 spiro atoms. The molecule has 2 rings (SSSR count). The number of halogens is 3. The van der Waals surface area contributed by atoms with Crippen LogP contribution in [0.5, 0.6) is 0 Å². The number of likely N-dealkylation sites (N-methyl/N-ethyl adjacent to an activating group) is 1. The average molecular weight is 351 g/mol. The van der Waals surface area contributed by atoms with Crippen molar-refractivity contribution in [2.45, 2.75) is 26.6 Å². The summed E-state index contributed by atoms with van der Waals surface area (Å²) in [6.45, 7) is 4.58. The Morgan fingerprint density at radius 2 is 1.72 bits per heavy atom. The van der Waals surface area contributed by atoms with Crippen LogP contribution >= 0.6 is 0 Å². The number of carbonyl (C=O) groups excluding carboxylic acids is 1. The highest BCUT2D eigenvalue weighted by molar-refractivity contribution is 5.92. The van der Waals surface area contributed by atoms with Crippen molar-refractivity contribution in [2.24, 2.45) is 0 Å². The number of benzene rings is 2. The lowest BCUT2D eigenvalue weighted by atomic mass is 10.1. The fraction of sp³-hybridized carbons (Fsp3) is 0.316. The third-order valence-corrected chi connectivity index (χ3v) is 3.92. The molecule has 0 aliphatic rings. The first-order valence-corrected chi connectivity index (χ1v) is 7.99. The largest absolute Gasteiger partial charge is 0.416 e. The molecule has 0 saturated carbocycles. The van der Waals surface area contributed by atoms with Crippen molar-refractivity contribution in [2.75, 3.05) is 18.9 Å². The predicted molar refractivity (Wildman–Crippen MR) is 91.4 cm³/mol. The van der Waals surface area contributed by atoms with Gasteiger partial charge in [-0.15, -0.1) is 0 Å². The molecule has 6 heteroatoms. The minimum Gasteiger partial charge on any atom is -0.326 e. The smallest absolute Gasteiger partial charge is 0.326 e. The summed E-state index contributed by atoms with van der Waals surface area (Å²) >= 11 is 0. The van der Waals surface area contributed by atoms with Gasteiger partial charge in [0, 0.05) is 11.3 Å². The van der Waals surface area contributed by atoms with E-state index in [0.29, 0.717) is 6.54 Å². The van der Waals surface area contributed by atoms with Gasteiger partial charge in [0.25, 0.3) is 5.91 Å². The Morgan fingerprint density at radius 1 is 1.08 bits per heavy atom. The number of alkyl halides is 3. The molecular formula is C19H22F3N2O+. The molecule has 2 aromatic rings. The Bertz CT molecular complexity index is 739. The van der Waals surface area contributed by atoms with Crippen LogP contribution < -0.4 is 10.2 Å². The summed E-state index contributed by atoms with van der Waals surface area (Å²) in [6.07, 6.45) is -4.33. The van der Waals surface area contributed by atoms with Gasteiger partial charge in [0.1, 0.15) is 6.54 Å². The second kappa shape index (κ2) is 7.70. The molecule has 0 saturated heterocycles. The molecule has 2 N–H and O–H groups in total. The Kier molecular flexibility index (Phi) is 5.85. The van der Waals surface area contributed by atoms with E-state index in [0.717, 1.165) is 39.4 Å². The summed E-state index contributed by atoms with van der Waals surface area (Å²) < 4.78 is 37.7. The van der Waals surface area contributed by atoms with E-state index >= 15 is 0 Å². The topological polar surface area (TPSA) is 33.5 Å². The van der Waals surface area contributed by atoms with E-state index in [2.05, 4.69) is 5.32 Å². The molecular weight excluding hydrogens is 329 g/mol. The van der Waals surface area contributed by atoms with E-state index < -0.39 is 11.7 Å². The van der Waals surface area contributed by atoms with E-state index in [4.69, 9.17) is 0 Å². The molecule has 0 aromatic heterocycles. The molecule has 25 heavy (non-hydrogen) atoms. The number of anilines is 1. The van der Waals surface area contributed by atoms with Crippen LogP contribution in [0.25, 0.3) is 0 Å². The van der Waals surface area contributed by atoms with Gasteiger partial charge in [-0.05, 0) is 43.2 Å². The van der Waals surface area contributed by atoms with E-state index in [1.807, 2.05) is 39.1 Å². The van der Waals surface area contributed by atoms with Crippen molar-refractivity contribution in [1.29, 1.82) is 0 Å². The highest BCUT2D eigenvalue weighted by atomic mass is 19.4. The van der Waals surface area contributed by atoms with Crippen LogP contribution in [0.3, 0.4) is 0 Å². The highest BCUT2D eigenvalue weighted by Crippen LogP contribution is 2.28. The van der Waals surface area contributed by atoms with Gasteiger partial charge in [0.15, 0.2) is 6.54 Å². The number of aryl methyl sites for hydroxylation is 2. The van der Waals surface area contributed by atoms with Gasteiger partial charge in [0.2, 0.25) is 0 Å². The Balaban J connectivity index is 1.92. The van der Waals surface area contributed by atoms with Gasteiger partial charge in [-0.1, -0.05) is 24.3 Å². The summed E-state index contributed by atoms with van der Waals surface area (Å²) in [5.41, 5.74) is 2.92. The van der Waals surface area contributed by atoms with Gasteiger partial charge in [0.05, 0.1) is 12.6 Å². The van der Waals surface area contributed by atoms with Crippen LogP contribution in [0.15, 0.2) is 42.5 Å². The molecule has 0 aliphatic carbocycles. The number of hydrogen-bond acceptors (Lipinski definition) is 1. The van der Waals surface area contributed by atoms with Crippen molar-refractivity contribution in [3.05, 3.63) is 64.7 Å². The first-order valence-electron chi connectivity index (χ1n) is 7.99. The molecule has 1 amide bonds. The Morgan fingerprint density at radius 3 is 2.32 bits per heavy atom. The van der Waals surface area contributed by atoms with E-state index in [1.165, 1.54) is 12.1 Å². The fourth-order valence-electron chi connectivity index (χ4n) is 2.56. The summed E-state index contributed by atoms with van der Waals surface area (Å²) in [6, 6.07) is 10.9. The molecule has 0 radical (unpaired) electrons. The second-order valence-corrected chi connectivity index (χ2v) is 6.37. The minimum absolute atomic E-state index is 0.127. The molecule has 0 aliphatic heterocycles. The lowest BCUT2D eigenvalue weighted by Crippen LogP contribution is -3.08. The molecule has 0 bridgehead atoms. The number of quaternary nitrogens is 1. The predicted octanol–water partition coefficient (Wildman–Crippen LogP) is 2.98. The van der Waals surface area contributed by atoms with E-state index in [9.17, 15) is 18.0 Å². The molecule has 3 nitrogen and oxygen atoms in total. The Labute approximate surface area is 145 Å². The SMILES string of the molecule is Cc1ccc(C)c(NC(=O)C[NH+](C)Cc2ccc(C(F)(F)F)cc2)c1. The summed E-state index contributed by atoms with van der Waals surface area (Å²) in [5, 5.41) is 2.89. The van der Waals surface area contributed by atoms with Gasteiger partial charge < -0.3 is 10.2 Å². The van der Waals surface area contributed by atoms with Gasteiger partial charge in [-0.3, -0.25) is 4.79 Å². The van der Waals surface area contributed by atoms with E-state index in [1.54, 1.807) is 0 Å². The molecule has 0 heterocycles. The Hall–Kier alpha value is -2.34. The number of rotatable bonds is 5. The maximum Gasteiger partial charge on any atom is 0.416 e. The van der Waals surface area contributed by atoms with Crippen LogP contribution in [0.2, 0.25) is 0 Å².